The Hall–Kier alpha value is -1.88. The molecule has 0 aromatic heterocycles. The van der Waals surface area contributed by atoms with Crippen molar-refractivity contribution in [3.63, 3.8) is 0 Å². The first-order chi connectivity index (χ1) is 12.0. The van der Waals surface area contributed by atoms with Crippen LogP contribution in [0.5, 0.6) is 0 Å². The lowest BCUT2D eigenvalue weighted by molar-refractivity contribution is -0.136. The van der Waals surface area contributed by atoms with Crippen LogP contribution in [-0.4, -0.2) is 53.8 Å². The van der Waals surface area contributed by atoms with Crippen molar-refractivity contribution in [2.45, 2.75) is 45.1 Å². The van der Waals surface area contributed by atoms with E-state index in [0.717, 1.165) is 49.8 Å². The van der Waals surface area contributed by atoms with Gasteiger partial charge in [-0.2, -0.15) is 0 Å². The zero-order valence-corrected chi connectivity index (χ0v) is 15.1. The normalized spacial score (nSPS) is 24.7. The SMILES string of the molecule is Cc1cccc(C(=O)N2CCCN(C(=O)C3CCCC(N)C3)CC2)c1. The van der Waals surface area contributed by atoms with Crippen LogP contribution in [-0.2, 0) is 4.79 Å². The third kappa shape index (κ3) is 4.40. The average molecular weight is 343 g/mol. The fraction of sp³-hybridized carbons (Fsp3) is 0.600. The second-order valence-corrected chi connectivity index (χ2v) is 7.46. The summed E-state index contributed by atoms with van der Waals surface area (Å²) in [6, 6.07) is 7.87. The molecule has 2 atom stereocenters. The summed E-state index contributed by atoms with van der Waals surface area (Å²) in [5.41, 5.74) is 7.86. The minimum atomic E-state index is 0.0673. The summed E-state index contributed by atoms with van der Waals surface area (Å²) in [6.07, 6.45) is 4.67. The van der Waals surface area contributed by atoms with Gasteiger partial charge in [-0.05, 0) is 44.7 Å². The molecule has 2 fully saturated rings. The minimum absolute atomic E-state index is 0.0673. The number of hydrogen-bond acceptors (Lipinski definition) is 3. The molecular formula is C20H29N3O2. The molecule has 2 aliphatic rings. The van der Waals surface area contributed by atoms with Gasteiger partial charge in [0.25, 0.3) is 5.91 Å². The van der Waals surface area contributed by atoms with E-state index in [2.05, 4.69) is 0 Å². The van der Waals surface area contributed by atoms with E-state index in [0.29, 0.717) is 19.6 Å². The Labute approximate surface area is 150 Å². The van der Waals surface area contributed by atoms with E-state index in [9.17, 15) is 9.59 Å². The van der Waals surface area contributed by atoms with Crippen molar-refractivity contribution in [1.82, 2.24) is 9.80 Å². The fourth-order valence-electron chi connectivity index (χ4n) is 4.01. The zero-order chi connectivity index (χ0) is 17.8. The van der Waals surface area contributed by atoms with E-state index in [1.807, 2.05) is 41.0 Å². The second kappa shape index (κ2) is 8.00. The van der Waals surface area contributed by atoms with Gasteiger partial charge in [-0.25, -0.2) is 0 Å². The van der Waals surface area contributed by atoms with Crippen LogP contribution in [0.15, 0.2) is 24.3 Å². The molecule has 2 N–H and O–H groups in total. The summed E-state index contributed by atoms with van der Waals surface area (Å²) in [7, 11) is 0. The number of aryl methyl sites for hydroxylation is 1. The average Bonchev–Trinajstić information content (AvgIpc) is 2.86. The molecule has 1 aliphatic heterocycles. The lowest BCUT2D eigenvalue weighted by atomic mass is 9.85. The highest BCUT2D eigenvalue weighted by Crippen LogP contribution is 2.25. The molecule has 1 heterocycles. The number of benzene rings is 1. The monoisotopic (exact) mass is 343 g/mol. The second-order valence-electron chi connectivity index (χ2n) is 7.46. The number of carbonyl (C=O) groups excluding carboxylic acids is 2. The van der Waals surface area contributed by atoms with Gasteiger partial charge in [-0.15, -0.1) is 0 Å². The predicted octanol–water partition coefficient (Wildman–Crippen LogP) is 2.19. The fourth-order valence-corrected chi connectivity index (χ4v) is 4.01. The van der Waals surface area contributed by atoms with Gasteiger partial charge in [0.15, 0.2) is 0 Å². The first-order valence-electron chi connectivity index (χ1n) is 9.45. The highest BCUT2D eigenvalue weighted by molar-refractivity contribution is 5.94. The summed E-state index contributed by atoms with van der Waals surface area (Å²) in [4.78, 5) is 29.4. The quantitative estimate of drug-likeness (QED) is 0.895. The molecule has 0 bridgehead atoms. The molecule has 0 radical (unpaired) electrons. The van der Waals surface area contributed by atoms with Crippen LogP contribution in [0.2, 0.25) is 0 Å². The third-order valence-electron chi connectivity index (χ3n) is 5.42. The molecule has 5 heteroatoms. The summed E-state index contributed by atoms with van der Waals surface area (Å²) in [5.74, 6) is 0.375. The van der Waals surface area contributed by atoms with Gasteiger partial charge in [0.05, 0.1) is 0 Å². The van der Waals surface area contributed by atoms with Gasteiger partial charge in [-0.3, -0.25) is 9.59 Å². The molecule has 2 amide bonds. The van der Waals surface area contributed by atoms with Crippen molar-refractivity contribution in [3.05, 3.63) is 35.4 Å². The number of nitrogens with zero attached hydrogens (tertiary/aromatic N) is 2. The number of amides is 2. The van der Waals surface area contributed by atoms with Gasteiger partial charge in [0.2, 0.25) is 5.91 Å². The van der Waals surface area contributed by atoms with Crippen LogP contribution in [0.4, 0.5) is 0 Å². The van der Waals surface area contributed by atoms with Gasteiger partial charge < -0.3 is 15.5 Å². The predicted molar refractivity (Wildman–Crippen MR) is 98.2 cm³/mol. The summed E-state index contributed by atoms with van der Waals surface area (Å²) in [6.45, 7) is 4.68. The first kappa shape index (κ1) is 17.9. The van der Waals surface area contributed by atoms with Crippen LogP contribution < -0.4 is 5.73 Å². The molecule has 1 saturated carbocycles. The molecule has 2 unspecified atom stereocenters. The molecule has 1 saturated heterocycles. The Balaban J connectivity index is 1.60. The van der Waals surface area contributed by atoms with Gasteiger partial charge in [0, 0.05) is 43.7 Å². The number of carbonyl (C=O) groups is 2. The Morgan fingerprint density at radius 2 is 1.80 bits per heavy atom. The van der Waals surface area contributed by atoms with Crippen LogP contribution >= 0.6 is 0 Å². The van der Waals surface area contributed by atoms with Crippen molar-refractivity contribution in [3.8, 4) is 0 Å². The summed E-state index contributed by atoms with van der Waals surface area (Å²) in [5, 5.41) is 0. The van der Waals surface area contributed by atoms with E-state index in [1.54, 1.807) is 0 Å². The smallest absolute Gasteiger partial charge is 0.253 e. The van der Waals surface area contributed by atoms with Crippen LogP contribution in [0, 0.1) is 12.8 Å². The van der Waals surface area contributed by atoms with Crippen molar-refractivity contribution in [1.29, 1.82) is 0 Å². The molecule has 0 spiro atoms. The van der Waals surface area contributed by atoms with Gasteiger partial charge in [0.1, 0.15) is 0 Å². The van der Waals surface area contributed by atoms with Crippen molar-refractivity contribution < 1.29 is 9.59 Å². The lowest BCUT2D eigenvalue weighted by Gasteiger charge is -2.30. The standard InChI is InChI=1S/C20H29N3O2/c1-15-5-2-6-16(13-15)19(24)22-9-4-10-23(12-11-22)20(25)17-7-3-8-18(21)14-17/h2,5-6,13,17-18H,3-4,7-12,14,21H2,1H3. The zero-order valence-electron chi connectivity index (χ0n) is 15.1. The molecule has 3 rings (SSSR count). The van der Waals surface area contributed by atoms with Crippen molar-refractivity contribution in [2.75, 3.05) is 26.2 Å². The molecule has 1 aromatic carbocycles. The maximum Gasteiger partial charge on any atom is 0.253 e. The van der Waals surface area contributed by atoms with Crippen LogP contribution in [0.1, 0.15) is 48.0 Å². The maximum atomic E-state index is 12.8. The number of hydrogen-bond donors (Lipinski definition) is 1. The maximum absolute atomic E-state index is 12.8. The van der Waals surface area contributed by atoms with Crippen molar-refractivity contribution >= 4 is 11.8 Å². The van der Waals surface area contributed by atoms with E-state index in [-0.39, 0.29) is 23.8 Å². The number of rotatable bonds is 2. The summed E-state index contributed by atoms with van der Waals surface area (Å²) < 4.78 is 0. The Morgan fingerprint density at radius 3 is 2.56 bits per heavy atom. The molecule has 25 heavy (non-hydrogen) atoms. The highest BCUT2D eigenvalue weighted by atomic mass is 16.2. The largest absolute Gasteiger partial charge is 0.341 e. The van der Waals surface area contributed by atoms with Crippen LogP contribution in [0.25, 0.3) is 0 Å². The molecular weight excluding hydrogens is 314 g/mol. The van der Waals surface area contributed by atoms with E-state index >= 15 is 0 Å². The van der Waals surface area contributed by atoms with Crippen molar-refractivity contribution in [2.24, 2.45) is 11.7 Å². The topological polar surface area (TPSA) is 66.6 Å². The van der Waals surface area contributed by atoms with E-state index in [4.69, 9.17) is 5.73 Å². The molecule has 1 aromatic rings. The molecule has 136 valence electrons. The highest BCUT2D eigenvalue weighted by Gasteiger charge is 2.30. The first-order valence-corrected chi connectivity index (χ1v) is 9.45. The van der Waals surface area contributed by atoms with E-state index < -0.39 is 0 Å². The van der Waals surface area contributed by atoms with E-state index in [1.165, 1.54) is 0 Å². The lowest BCUT2D eigenvalue weighted by Crippen LogP contribution is -2.42. The third-order valence-corrected chi connectivity index (χ3v) is 5.42. The minimum Gasteiger partial charge on any atom is -0.341 e. The Morgan fingerprint density at radius 1 is 1.04 bits per heavy atom. The van der Waals surface area contributed by atoms with Crippen LogP contribution in [0.3, 0.4) is 0 Å². The summed E-state index contributed by atoms with van der Waals surface area (Å²) >= 11 is 0. The van der Waals surface area contributed by atoms with Gasteiger partial charge in [-0.1, -0.05) is 24.1 Å². The van der Waals surface area contributed by atoms with Gasteiger partial charge >= 0.3 is 0 Å². The Kier molecular flexibility index (Phi) is 5.74. The number of nitrogens with two attached hydrogens (primary N) is 1. The molecule has 1 aliphatic carbocycles. The molecule has 5 nitrogen and oxygen atoms in total. The Bertz CT molecular complexity index is 631.